The van der Waals surface area contributed by atoms with E-state index in [1.807, 2.05) is 18.2 Å². The third-order valence-electron chi connectivity index (χ3n) is 3.99. The number of benzene rings is 2. The summed E-state index contributed by atoms with van der Waals surface area (Å²) in [6.07, 6.45) is 2.39. The third-order valence-corrected chi connectivity index (χ3v) is 3.99. The molecule has 0 bridgehead atoms. The van der Waals surface area contributed by atoms with Crippen molar-refractivity contribution >= 4 is 0 Å². The Bertz CT molecular complexity index is 592. The van der Waals surface area contributed by atoms with Crippen molar-refractivity contribution in [1.29, 1.82) is 0 Å². The van der Waals surface area contributed by atoms with Crippen LogP contribution in [0.25, 0.3) is 0 Å². The van der Waals surface area contributed by atoms with E-state index in [4.69, 9.17) is 0 Å². The van der Waals surface area contributed by atoms with Crippen LogP contribution in [0.5, 0.6) is 0 Å². The highest BCUT2D eigenvalue weighted by Gasteiger charge is 2.21. The SMILES string of the molecule is OCC[C@H]1Cc2cc(F)ccc2Cc2ccccc21. The first-order valence-electron chi connectivity index (χ1n) is 6.74. The van der Waals surface area contributed by atoms with E-state index < -0.39 is 0 Å². The molecule has 0 amide bonds. The minimum Gasteiger partial charge on any atom is -0.396 e. The van der Waals surface area contributed by atoms with Gasteiger partial charge >= 0.3 is 0 Å². The summed E-state index contributed by atoms with van der Waals surface area (Å²) in [5, 5.41) is 9.26. The molecule has 2 heteroatoms. The zero-order valence-corrected chi connectivity index (χ0v) is 10.8. The summed E-state index contributed by atoms with van der Waals surface area (Å²) in [5.41, 5.74) is 4.88. The van der Waals surface area contributed by atoms with Gasteiger partial charge < -0.3 is 5.11 Å². The highest BCUT2D eigenvalue weighted by Crippen LogP contribution is 2.33. The number of fused-ring (bicyclic) bond motifs is 2. The van der Waals surface area contributed by atoms with E-state index in [9.17, 15) is 9.50 Å². The molecule has 19 heavy (non-hydrogen) atoms. The van der Waals surface area contributed by atoms with Gasteiger partial charge in [0.15, 0.2) is 0 Å². The van der Waals surface area contributed by atoms with Crippen molar-refractivity contribution in [3.05, 3.63) is 70.5 Å². The van der Waals surface area contributed by atoms with Gasteiger partial charge in [-0.25, -0.2) is 4.39 Å². The average molecular weight is 256 g/mol. The third kappa shape index (κ3) is 2.41. The second-order valence-electron chi connectivity index (χ2n) is 5.20. The van der Waals surface area contributed by atoms with E-state index in [1.165, 1.54) is 22.8 Å². The van der Waals surface area contributed by atoms with Gasteiger partial charge in [0, 0.05) is 6.61 Å². The van der Waals surface area contributed by atoms with Crippen LogP contribution in [0.15, 0.2) is 42.5 Å². The molecule has 0 fully saturated rings. The lowest BCUT2D eigenvalue weighted by atomic mass is 9.89. The number of hydrogen-bond acceptors (Lipinski definition) is 1. The Morgan fingerprint density at radius 2 is 1.89 bits per heavy atom. The Hall–Kier alpha value is -1.67. The van der Waals surface area contributed by atoms with Crippen LogP contribution in [-0.2, 0) is 12.8 Å². The van der Waals surface area contributed by atoms with Crippen molar-refractivity contribution in [1.82, 2.24) is 0 Å². The molecule has 3 rings (SSSR count). The molecule has 1 nitrogen and oxygen atoms in total. The highest BCUT2D eigenvalue weighted by atomic mass is 19.1. The molecular weight excluding hydrogens is 239 g/mol. The highest BCUT2D eigenvalue weighted by molar-refractivity contribution is 5.42. The minimum absolute atomic E-state index is 0.170. The van der Waals surface area contributed by atoms with Gasteiger partial charge in [0.05, 0.1) is 0 Å². The van der Waals surface area contributed by atoms with E-state index in [0.29, 0.717) is 0 Å². The first-order chi connectivity index (χ1) is 9.28. The summed E-state index contributed by atoms with van der Waals surface area (Å²) in [4.78, 5) is 0. The fourth-order valence-corrected chi connectivity index (χ4v) is 3.04. The molecule has 2 aromatic carbocycles. The number of rotatable bonds is 2. The maximum Gasteiger partial charge on any atom is 0.123 e. The molecule has 98 valence electrons. The zero-order valence-electron chi connectivity index (χ0n) is 10.8. The summed E-state index contributed by atoms with van der Waals surface area (Å²) in [6.45, 7) is 0.170. The number of aliphatic hydroxyl groups is 1. The van der Waals surface area contributed by atoms with Crippen LogP contribution in [0.3, 0.4) is 0 Å². The molecule has 0 spiro atoms. The first kappa shape index (κ1) is 12.4. The maximum absolute atomic E-state index is 13.4. The zero-order chi connectivity index (χ0) is 13.2. The molecule has 1 atom stereocenters. The summed E-state index contributed by atoms with van der Waals surface area (Å²) in [6, 6.07) is 13.4. The summed E-state index contributed by atoms with van der Waals surface area (Å²) >= 11 is 0. The van der Waals surface area contributed by atoms with Crippen molar-refractivity contribution in [3.63, 3.8) is 0 Å². The van der Waals surface area contributed by atoms with E-state index >= 15 is 0 Å². The number of aliphatic hydroxyl groups excluding tert-OH is 1. The molecule has 1 N–H and O–H groups in total. The van der Waals surface area contributed by atoms with Gasteiger partial charge in [0.1, 0.15) is 5.82 Å². The molecule has 1 aliphatic carbocycles. The quantitative estimate of drug-likeness (QED) is 0.872. The van der Waals surface area contributed by atoms with Gasteiger partial charge in [0.25, 0.3) is 0 Å². The normalized spacial score (nSPS) is 17.5. The van der Waals surface area contributed by atoms with E-state index in [1.54, 1.807) is 6.07 Å². The fourth-order valence-electron chi connectivity index (χ4n) is 3.04. The van der Waals surface area contributed by atoms with Crippen LogP contribution in [0.1, 0.15) is 34.6 Å². The smallest absolute Gasteiger partial charge is 0.123 e. The molecule has 0 saturated heterocycles. The van der Waals surface area contributed by atoms with Crippen molar-refractivity contribution in [2.45, 2.75) is 25.2 Å². The van der Waals surface area contributed by atoms with Gasteiger partial charge in [-0.3, -0.25) is 0 Å². The summed E-state index contributed by atoms with van der Waals surface area (Å²) in [7, 11) is 0. The minimum atomic E-state index is -0.174. The van der Waals surface area contributed by atoms with Crippen molar-refractivity contribution in [2.24, 2.45) is 0 Å². The lowest BCUT2D eigenvalue weighted by Crippen LogP contribution is -2.05. The molecule has 0 saturated carbocycles. The second-order valence-corrected chi connectivity index (χ2v) is 5.20. The summed E-state index contributed by atoms with van der Waals surface area (Å²) in [5.74, 6) is 0.108. The number of hydrogen-bond donors (Lipinski definition) is 1. The van der Waals surface area contributed by atoms with E-state index in [-0.39, 0.29) is 18.3 Å². The van der Waals surface area contributed by atoms with Crippen molar-refractivity contribution < 1.29 is 9.50 Å². The van der Waals surface area contributed by atoms with Gasteiger partial charge in [0.2, 0.25) is 0 Å². The average Bonchev–Trinajstić information content (AvgIpc) is 2.56. The molecule has 0 radical (unpaired) electrons. The fraction of sp³-hybridized carbons (Fsp3) is 0.294. The predicted molar refractivity (Wildman–Crippen MR) is 73.8 cm³/mol. The first-order valence-corrected chi connectivity index (χ1v) is 6.74. The van der Waals surface area contributed by atoms with Crippen LogP contribution < -0.4 is 0 Å². The van der Waals surface area contributed by atoms with Crippen molar-refractivity contribution in [2.75, 3.05) is 6.61 Å². The van der Waals surface area contributed by atoms with Gasteiger partial charge in [-0.05, 0) is 59.6 Å². The maximum atomic E-state index is 13.4. The molecule has 0 unspecified atom stereocenters. The van der Waals surface area contributed by atoms with E-state index in [2.05, 4.69) is 12.1 Å². The van der Waals surface area contributed by atoms with E-state index in [0.717, 1.165) is 24.8 Å². The molecule has 2 aromatic rings. The molecule has 1 aliphatic rings. The van der Waals surface area contributed by atoms with Crippen LogP contribution in [0.2, 0.25) is 0 Å². The topological polar surface area (TPSA) is 20.2 Å². The lowest BCUT2D eigenvalue weighted by Gasteiger charge is -2.16. The Balaban J connectivity index is 2.09. The van der Waals surface area contributed by atoms with Crippen LogP contribution >= 0.6 is 0 Å². The molecule has 0 aliphatic heterocycles. The lowest BCUT2D eigenvalue weighted by molar-refractivity contribution is 0.275. The Morgan fingerprint density at radius 1 is 1.05 bits per heavy atom. The van der Waals surface area contributed by atoms with Crippen molar-refractivity contribution in [3.8, 4) is 0 Å². The summed E-state index contributed by atoms with van der Waals surface area (Å²) < 4.78 is 13.4. The second kappa shape index (κ2) is 5.14. The monoisotopic (exact) mass is 256 g/mol. The van der Waals surface area contributed by atoms with Crippen LogP contribution in [0, 0.1) is 5.82 Å². The number of halogens is 1. The predicted octanol–water partition coefficient (Wildman–Crippen LogP) is 3.44. The van der Waals surface area contributed by atoms with Gasteiger partial charge in [-0.2, -0.15) is 0 Å². The standard InChI is InChI=1S/C17H17FO/c18-16-6-5-12-9-13-3-1-2-4-17(13)14(7-8-19)10-15(12)11-16/h1-6,11,14,19H,7-10H2/t14-/m0/s1. The molecule has 0 heterocycles. The van der Waals surface area contributed by atoms with Gasteiger partial charge in [-0.15, -0.1) is 0 Å². The van der Waals surface area contributed by atoms with Crippen LogP contribution in [0.4, 0.5) is 4.39 Å². The van der Waals surface area contributed by atoms with Gasteiger partial charge in [-0.1, -0.05) is 30.3 Å². The van der Waals surface area contributed by atoms with Crippen LogP contribution in [-0.4, -0.2) is 11.7 Å². The Morgan fingerprint density at radius 3 is 2.74 bits per heavy atom. The molecular formula is C17H17FO. The largest absolute Gasteiger partial charge is 0.396 e. The Labute approximate surface area is 112 Å². The Kier molecular flexibility index (Phi) is 3.34. The molecule has 0 aromatic heterocycles.